The van der Waals surface area contributed by atoms with Gasteiger partial charge in [0.2, 0.25) is 5.91 Å². The topological polar surface area (TPSA) is 35.6 Å². The molecule has 1 rings (SSSR count). The Kier molecular flexibility index (Phi) is 6.09. The summed E-state index contributed by atoms with van der Waals surface area (Å²) in [6.45, 7) is 12.6. The van der Waals surface area contributed by atoms with Gasteiger partial charge >= 0.3 is 0 Å². The molecule has 1 saturated heterocycles. The van der Waals surface area contributed by atoms with Crippen LogP contribution in [0.3, 0.4) is 0 Å². The van der Waals surface area contributed by atoms with E-state index in [1.807, 2.05) is 11.9 Å². The minimum atomic E-state index is 0.292. The van der Waals surface area contributed by atoms with Crippen LogP contribution in [-0.4, -0.2) is 62.0 Å². The Morgan fingerprint density at radius 2 is 1.78 bits per heavy atom. The van der Waals surface area contributed by atoms with Crippen LogP contribution in [-0.2, 0) is 4.79 Å². The quantitative estimate of drug-likeness (QED) is 0.801. The van der Waals surface area contributed by atoms with Crippen LogP contribution in [0.1, 0.15) is 33.6 Å². The smallest absolute Gasteiger partial charge is 0.223 e. The van der Waals surface area contributed by atoms with Crippen LogP contribution < -0.4 is 5.32 Å². The van der Waals surface area contributed by atoms with E-state index in [9.17, 15) is 4.79 Å². The molecule has 0 aliphatic carbocycles. The highest BCUT2D eigenvalue weighted by Gasteiger charge is 2.21. The number of hydrogen-bond donors (Lipinski definition) is 1. The SMILES string of the molecule is CNCCC(=O)N1CCN(CCC(C)(C)C)CC1. The average molecular weight is 255 g/mol. The first-order chi connectivity index (χ1) is 8.42. The molecule has 4 heteroatoms. The van der Waals surface area contributed by atoms with E-state index >= 15 is 0 Å². The van der Waals surface area contributed by atoms with E-state index in [0.29, 0.717) is 17.7 Å². The largest absolute Gasteiger partial charge is 0.340 e. The molecule has 1 amide bonds. The number of carbonyl (C=O) groups is 1. The molecular formula is C14H29N3O. The van der Waals surface area contributed by atoms with Gasteiger partial charge in [0.05, 0.1) is 0 Å². The fourth-order valence-corrected chi connectivity index (χ4v) is 2.10. The predicted molar refractivity (Wildman–Crippen MR) is 75.6 cm³/mol. The van der Waals surface area contributed by atoms with E-state index in [1.54, 1.807) is 0 Å². The first-order valence-electron chi connectivity index (χ1n) is 7.07. The second-order valence-electron chi connectivity index (χ2n) is 6.39. The fourth-order valence-electron chi connectivity index (χ4n) is 2.10. The maximum atomic E-state index is 11.8. The molecule has 0 bridgehead atoms. The molecule has 1 N–H and O–H groups in total. The van der Waals surface area contributed by atoms with Gasteiger partial charge in [-0.05, 0) is 25.4 Å². The number of nitrogens with zero attached hydrogens (tertiary/aromatic N) is 2. The van der Waals surface area contributed by atoms with Crippen molar-refractivity contribution in [1.29, 1.82) is 0 Å². The normalized spacial score (nSPS) is 18.1. The second-order valence-corrected chi connectivity index (χ2v) is 6.39. The Labute approximate surface area is 112 Å². The molecular weight excluding hydrogens is 226 g/mol. The second kappa shape index (κ2) is 7.10. The zero-order valence-corrected chi connectivity index (χ0v) is 12.5. The molecule has 0 spiro atoms. The molecule has 0 aromatic heterocycles. The first-order valence-corrected chi connectivity index (χ1v) is 7.07. The number of piperazine rings is 1. The Hall–Kier alpha value is -0.610. The highest BCUT2D eigenvalue weighted by molar-refractivity contribution is 5.76. The summed E-state index contributed by atoms with van der Waals surface area (Å²) < 4.78 is 0. The van der Waals surface area contributed by atoms with Crippen LogP contribution in [0, 0.1) is 5.41 Å². The number of amides is 1. The summed E-state index contributed by atoms with van der Waals surface area (Å²) >= 11 is 0. The minimum Gasteiger partial charge on any atom is -0.340 e. The van der Waals surface area contributed by atoms with Crippen LogP contribution in [0.4, 0.5) is 0 Å². The summed E-state index contributed by atoms with van der Waals surface area (Å²) in [7, 11) is 1.89. The van der Waals surface area contributed by atoms with Gasteiger partial charge in [-0.1, -0.05) is 20.8 Å². The number of rotatable bonds is 5. The molecule has 0 aromatic rings. The molecule has 0 unspecified atom stereocenters. The lowest BCUT2D eigenvalue weighted by Crippen LogP contribution is -2.49. The molecule has 106 valence electrons. The maximum absolute atomic E-state index is 11.8. The number of hydrogen-bond acceptors (Lipinski definition) is 3. The number of nitrogens with one attached hydrogen (secondary N) is 1. The van der Waals surface area contributed by atoms with E-state index in [-0.39, 0.29) is 0 Å². The van der Waals surface area contributed by atoms with Gasteiger partial charge in [0.1, 0.15) is 0 Å². The third kappa shape index (κ3) is 5.83. The van der Waals surface area contributed by atoms with Crippen LogP contribution >= 0.6 is 0 Å². The first kappa shape index (κ1) is 15.4. The summed E-state index contributed by atoms with van der Waals surface area (Å²) in [6, 6.07) is 0. The zero-order valence-electron chi connectivity index (χ0n) is 12.5. The van der Waals surface area contributed by atoms with Crippen molar-refractivity contribution in [3.63, 3.8) is 0 Å². The highest BCUT2D eigenvalue weighted by Crippen LogP contribution is 2.19. The Balaban J connectivity index is 2.22. The summed E-state index contributed by atoms with van der Waals surface area (Å²) in [5, 5.41) is 3.03. The van der Waals surface area contributed by atoms with Crippen molar-refractivity contribution in [1.82, 2.24) is 15.1 Å². The predicted octanol–water partition coefficient (Wildman–Crippen LogP) is 1.18. The van der Waals surface area contributed by atoms with Crippen molar-refractivity contribution in [3.05, 3.63) is 0 Å². The molecule has 0 radical (unpaired) electrons. The van der Waals surface area contributed by atoms with Gasteiger partial charge in [-0.15, -0.1) is 0 Å². The van der Waals surface area contributed by atoms with Crippen molar-refractivity contribution in [2.75, 3.05) is 46.3 Å². The Morgan fingerprint density at radius 3 is 2.28 bits per heavy atom. The summed E-state index contributed by atoms with van der Waals surface area (Å²) in [4.78, 5) is 16.3. The minimum absolute atomic E-state index is 0.292. The summed E-state index contributed by atoms with van der Waals surface area (Å²) in [5.41, 5.74) is 0.403. The average Bonchev–Trinajstić information content (AvgIpc) is 2.33. The van der Waals surface area contributed by atoms with E-state index in [2.05, 4.69) is 31.0 Å². The van der Waals surface area contributed by atoms with E-state index in [4.69, 9.17) is 0 Å². The van der Waals surface area contributed by atoms with E-state index in [0.717, 1.165) is 39.3 Å². The lowest BCUT2D eigenvalue weighted by Gasteiger charge is -2.36. The molecule has 0 atom stereocenters. The molecule has 18 heavy (non-hydrogen) atoms. The Bertz CT molecular complexity index is 252. The maximum Gasteiger partial charge on any atom is 0.223 e. The molecule has 0 saturated carbocycles. The number of carbonyl (C=O) groups excluding carboxylic acids is 1. The molecule has 0 aromatic carbocycles. The van der Waals surface area contributed by atoms with Crippen molar-refractivity contribution in [2.24, 2.45) is 5.41 Å². The zero-order chi connectivity index (χ0) is 13.6. The van der Waals surface area contributed by atoms with Crippen LogP contribution in [0.5, 0.6) is 0 Å². The van der Waals surface area contributed by atoms with Gasteiger partial charge in [-0.2, -0.15) is 0 Å². The Morgan fingerprint density at radius 1 is 1.17 bits per heavy atom. The monoisotopic (exact) mass is 255 g/mol. The molecule has 1 aliphatic heterocycles. The van der Waals surface area contributed by atoms with Crippen molar-refractivity contribution >= 4 is 5.91 Å². The third-order valence-electron chi connectivity index (χ3n) is 3.49. The standard InChI is InChI=1S/C14H29N3O/c1-14(2,3)6-8-16-9-11-17(12-10-16)13(18)5-7-15-4/h15H,5-12H2,1-4H3. The molecule has 4 nitrogen and oxygen atoms in total. The fraction of sp³-hybridized carbons (Fsp3) is 0.929. The van der Waals surface area contributed by atoms with Gasteiger partial charge < -0.3 is 10.2 Å². The van der Waals surface area contributed by atoms with Crippen molar-refractivity contribution in [3.8, 4) is 0 Å². The van der Waals surface area contributed by atoms with Gasteiger partial charge in [-0.3, -0.25) is 9.69 Å². The highest BCUT2D eigenvalue weighted by atomic mass is 16.2. The molecule has 1 heterocycles. The molecule has 1 aliphatic rings. The van der Waals surface area contributed by atoms with Crippen LogP contribution in [0.15, 0.2) is 0 Å². The van der Waals surface area contributed by atoms with Crippen LogP contribution in [0.25, 0.3) is 0 Å². The summed E-state index contributed by atoms with van der Waals surface area (Å²) in [5.74, 6) is 0.292. The van der Waals surface area contributed by atoms with Gasteiger partial charge in [0.25, 0.3) is 0 Å². The van der Waals surface area contributed by atoms with E-state index in [1.165, 1.54) is 6.42 Å². The van der Waals surface area contributed by atoms with Crippen LogP contribution in [0.2, 0.25) is 0 Å². The van der Waals surface area contributed by atoms with Gasteiger partial charge in [0.15, 0.2) is 0 Å². The van der Waals surface area contributed by atoms with Gasteiger partial charge in [-0.25, -0.2) is 0 Å². The van der Waals surface area contributed by atoms with Crippen molar-refractivity contribution in [2.45, 2.75) is 33.6 Å². The third-order valence-corrected chi connectivity index (χ3v) is 3.49. The molecule has 1 fully saturated rings. The van der Waals surface area contributed by atoms with Gasteiger partial charge in [0, 0.05) is 39.1 Å². The lowest BCUT2D eigenvalue weighted by atomic mass is 9.92. The van der Waals surface area contributed by atoms with Crippen molar-refractivity contribution < 1.29 is 4.79 Å². The van der Waals surface area contributed by atoms with E-state index < -0.39 is 0 Å². The summed E-state index contributed by atoms with van der Waals surface area (Å²) in [6.07, 6.45) is 1.85. The lowest BCUT2D eigenvalue weighted by molar-refractivity contribution is -0.132.